The molecule has 0 saturated heterocycles. The van der Waals surface area contributed by atoms with E-state index in [9.17, 15) is 9.90 Å². The maximum atomic E-state index is 11.2. The highest BCUT2D eigenvalue weighted by Crippen LogP contribution is 2.27. The number of anilines is 1. The summed E-state index contributed by atoms with van der Waals surface area (Å²) in [5.41, 5.74) is 0.00249. The smallest absolute Gasteiger partial charge is 0.328 e. The highest BCUT2D eigenvalue weighted by Gasteiger charge is 2.32. The second-order valence-electron chi connectivity index (χ2n) is 5.08. The third kappa shape index (κ3) is 3.42. The fourth-order valence-electron chi connectivity index (χ4n) is 1.49. The first-order valence-corrected chi connectivity index (χ1v) is 6.87. The molecule has 0 aromatic heterocycles. The van der Waals surface area contributed by atoms with E-state index in [1.807, 2.05) is 24.3 Å². The molecule has 0 spiro atoms. The van der Waals surface area contributed by atoms with Crippen LogP contribution in [0.1, 0.15) is 27.7 Å². The van der Waals surface area contributed by atoms with Crippen molar-refractivity contribution < 1.29 is 9.90 Å². The number of benzene rings is 1. The van der Waals surface area contributed by atoms with Gasteiger partial charge in [0.25, 0.3) is 0 Å². The Labute approximate surface area is 113 Å². The Bertz CT molecular complexity index is 412. The average Bonchev–Trinajstić information content (AvgIpc) is 2.28. The van der Waals surface area contributed by atoms with Crippen LogP contribution in [0, 0.1) is 0 Å². The molecule has 3 nitrogen and oxygen atoms in total. The first-order valence-electron chi connectivity index (χ1n) is 5.99. The predicted octanol–water partition coefficient (Wildman–Crippen LogP) is 3.49. The zero-order chi connectivity index (χ0) is 13.9. The molecular formula is C14H21NO2S. The van der Waals surface area contributed by atoms with Crippen molar-refractivity contribution >= 4 is 23.4 Å². The highest BCUT2D eigenvalue weighted by molar-refractivity contribution is 7.99. The molecule has 1 aromatic rings. The molecule has 0 fully saturated rings. The predicted molar refractivity (Wildman–Crippen MR) is 77.6 cm³/mol. The second-order valence-corrected chi connectivity index (χ2v) is 6.73. The van der Waals surface area contributed by atoms with E-state index in [0.29, 0.717) is 5.25 Å². The molecule has 0 heterocycles. The lowest BCUT2D eigenvalue weighted by atomic mass is 10.0. The molecule has 1 aromatic carbocycles. The Hall–Kier alpha value is -1.16. The van der Waals surface area contributed by atoms with E-state index in [4.69, 9.17) is 0 Å². The van der Waals surface area contributed by atoms with Gasteiger partial charge < -0.3 is 10.0 Å². The quantitative estimate of drug-likeness (QED) is 0.829. The summed E-state index contributed by atoms with van der Waals surface area (Å²) in [6.07, 6.45) is 0. The van der Waals surface area contributed by atoms with Crippen LogP contribution in [-0.4, -0.2) is 28.9 Å². The summed E-state index contributed by atoms with van der Waals surface area (Å²) in [5, 5.41) is 9.75. The lowest BCUT2D eigenvalue weighted by Crippen LogP contribution is -2.48. The van der Waals surface area contributed by atoms with Crippen LogP contribution in [0.3, 0.4) is 0 Å². The number of nitrogens with zero attached hydrogens (tertiary/aromatic N) is 1. The monoisotopic (exact) mass is 267 g/mol. The minimum atomic E-state index is -0.910. The van der Waals surface area contributed by atoms with Crippen LogP contribution < -0.4 is 4.90 Å². The average molecular weight is 267 g/mol. The summed E-state index contributed by atoms with van der Waals surface area (Å²) in [5.74, 6) is -0.828. The third-order valence-corrected chi connectivity index (χ3v) is 3.97. The molecule has 0 aliphatic carbocycles. The molecule has 0 unspecified atom stereocenters. The minimum Gasteiger partial charge on any atom is -0.480 e. The van der Waals surface area contributed by atoms with E-state index in [0.717, 1.165) is 5.69 Å². The SMILES string of the molecule is CC(C)Sc1ccc(N(C)C(C)(C)C(=O)O)cc1. The molecular weight excluding hydrogens is 246 g/mol. The van der Waals surface area contributed by atoms with Gasteiger partial charge in [0, 0.05) is 22.9 Å². The van der Waals surface area contributed by atoms with Crippen molar-refractivity contribution in [2.24, 2.45) is 0 Å². The molecule has 0 amide bonds. The maximum absolute atomic E-state index is 11.2. The summed E-state index contributed by atoms with van der Waals surface area (Å²) in [7, 11) is 1.80. The normalized spacial score (nSPS) is 11.7. The van der Waals surface area contributed by atoms with E-state index >= 15 is 0 Å². The number of hydrogen-bond donors (Lipinski definition) is 1. The van der Waals surface area contributed by atoms with Crippen molar-refractivity contribution in [2.45, 2.75) is 43.4 Å². The lowest BCUT2D eigenvalue weighted by Gasteiger charge is -2.33. The highest BCUT2D eigenvalue weighted by atomic mass is 32.2. The largest absolute Gasteiger partial charge is 0.480 e. The Morgan fingerprint density at radius 1 is 1.28 bits per heavy atom. The molecule has 18 heavy (non-hydrogen) atoms. The van der Waals surface area contributed by atoms with E-state index in [1.54, 1.807) is 37.6 Å². The Balaban J connectivity index is 2.88. The summed E-state index contributed by atoms with van der Waals surface area (Å²) >= 11 is 1.80. The van der Waals surface area contributed by atoms with Gasteiger partial charge in [0.2, 0.25) is 0 Å². The molecule has 1 rings (SSSR count). The maximum Gasteiger partial charge on any atom is 0.328 e. The first kappa shape index (κ1) is 14.9. The lowest BCUT2D eigenvalue weighted by molar-refractivity contribution is -0.142. The molecule has 1 N–H and O–H groups in total. The Morgan fingerprint density at radius 3 is 2.17 bits per heavy atom. The molecule has 0 aliphatic rings. The summed E-state index contributed by atoms with van der Waals surface area (Å²) in [6.45, 7) is 7.70. The van der Waals surface area contributed by atoms with Gasteiger partial charge in [-0.2, -0.15) is 0 Å². The van der Waals surface area contributed by atoms with Gasteiger partial charge in [-0.1, -0.05) is 13.8 Å². The number of hydrogen-bond acceptors (Lipinski definition) is 3. The zero-order valence-electron chi connectivity index (χ0n) is 11.6. The second kappa shape index (κ2) is 5.65. The number of thioether (sulfide) groups is 1. The van der Waals surface area contributed by atoms with Crippen LogP contribution in [0.15, 0.2) is 29.2 Å². The zero-order valence-corrected chi connectivity index (χ0v) is 12.4. The summed E-state index contributed by atoms with van der Waals surface area (Å²) < 4.78 is 0. The molecule has 0 radical (unpaired) electrons. The molecule has 100 valence electrons. The van der Waals surface area contributed by atoms with Gasteiger partial charge in [-0.3, -0.25) is 0 Å². The number of aliphatic carboxylic acids is 1. The number of rotatable bonds is 5. The molecule has 0 bridgehead atoms. The van der Waals surface area contributed by atoms with Crippen molar-refractivity contribution in [3.05, 3.63) is 24.3 Å². The molecule has 0 aliphatic heterocycles. The van der Waals surface area contributed by atoms with Gasteiger partial charge in [-0.25, -0.2) is 4.79 Å². The number of likely N-dealkylation sites (N-methyl/N-ethyl adjacent to an activating group) is 1. The van der Waals surface area contributed by atoms with Crippen molar-refractivity contribution in [1.29, 1.82) is 0 Å². The van der Waals surface area contributed by atoms with Crippen LogP contribution in [0.2, 0.25) is 0 Å². The Morgan fingerprint density at radius 2 is 1.78 bits per heavy atom. The topological polar surface area (TPSA) is 40.5 Å². The standard InChI is InChI=1S/C14H21NO2S/c1-10(2)18-12-8-6-11(7-9-12)15(5)14(3,4)13(16)17/h6-10H,1-5H3,(H,16,17). The van der Waals surface area contributed by atoms with Crippen LogP contribution in [-0.2, 0) is 4.79 Å². The number of carboxylic acids is 1. The van der Waals surface area contributed by atoms with E-state index in [1.165, 1.54) is 4.90 Å². The first-order chi connectivity index (χ1) is 8.25. The van der Waals surface area contributed by atoms with Crippen molar-refractivity contribution in [3.63, 3.8) is 0 Å². The van der Waals surface area contributed by atoms with E-state index in [2.05, 4.69) is 13.8 Å². The summed E-state index contributed by atoms with van der Waals surface area (Å²) in [4.78, 5) is 14.2. The summed E-state index contributed by atoms with van der Waals surface area (Å²) in [6, 6.07) is 8.01. The molecule has 4 heteroatoms. The van der Waals surface area contributed by atoms with Gasteiger partial charge >= 0.3 is 5.97 Å². The van der Waals surface area contributed by atoms with Crippen LogP contribution in [0.25, 0.3) is 0 Å². The molecule has 0 atom stereocenters. The van der Waals surface area contributed by atoms with Crippen LogP contribution >= 0.6 is 11.8 Å². The third-order valence-electron chi connectivity index (χ3n) is 2.96. The minimum absolute atomic E-state index is 0.545. The molecule has 0 saturated carbocycles. The van der Waals surface area contributed by atoms with Gasteiger partial charge in [0.1, 0.15) is 5.54 Å². The van der Waals surface area contributed by atoms with Crippen molar-refractivity contribution in [2.75, 3.05) is 11.9 Å². The Kier molecular flexibility index (Phi) is 4.68. The van der Waals surface area contributed by atoms with Gasteiger partial charge in [0.05, 0.1) is 0 Å². The van der Waals surface area contributed by atoms with Gasteiger partial charge in [0.15, 0.2) is 0 Å². The number of carboxylic acid groups (broad SMARTS) is 1. The van der Waals surface area contributed by atoms with E-state index in [-0.39, 0.29) is 0 Å². The van der Waals surface area contributed by atoms with Crippen LogP contribution in [0.5, 0.6) is 0 Å². The van der Waals surface area contributed by atoms with Crippen molar-refractivity contribution in [3.8, 4) is 0 Å². The van der Waals surface area contributed by atoms with E-state index < -0.39 is 11.5 Å². The van der Waals surface area contributed by atoms with Gasteiger partial charge in [-0.05, 0) is 38.1 Å². The fraction of sp³-hybridized carbons (Fsp3) is 0.500. The van der Waals surface area contributed by atoms with Crippen LogP contribution in [0.4, 0.5) is 5.69 Å². The number of carbonyl (C=O) groups is 1. The van der Waals surface area contributed by atoms with Gasteiger partial charge in [-0.15, -0.1) is 11.8 Å². The van der Waals surface area contributed by atoms with Crippen molar-refractivity contribution in [1.82, 2.24) is 0 Å². The fourth-order valence-corrected chi connectivity index (χ4v) is 2.32.